The highest BCUT2D eigenvalue weighted by Gasteiger charge is 2.15. The second-order valence-electron chi connectivity index (χ2n) is 2.60. The van der Waals surface area contributed by atoms with E-state index in [1.807, 2.05) is 6.08 Å². The van der Waals surface area contributed by atoms with Crippen LogP contribution >= 0.6 is 0 Å². The topological polar surface area (TPSA) is 38.7 Å². The number of rotatable bonds is 3. The first kappa shape index (κ1) is 8.56. The monoisotopic (exact) mass is 158 g/mol. The van der Waals surface area contributed by atoms with E-state index in [4.69, 9.17) is 9.47 Å². The molecule has 0 aromatic rings. The van der Waals surface area contributed by atoms with E-state index in [-0.39, 0.29) is 6.79 Å². The van der Waals surface area contributed by atoms with Gasteiger partial charge < -0.3 is 14.6 Å². The van der Waals surface area contributed by atoms with Gasteiger partial charge in [-0.15, -0.1) is 0 Å². The van der Waals surface area contributed by atoms with Crippen LogP contribution in [0.4, 0.5) is 0 Å². The largest absolute Gasteiger partial charge is 0.469 e. The van der Waals surface area contributed by atoms with Gasteiger partial charge in [0.15, 0.2) is 6.79 Å². The number of methoxy groups -OCH3 is 1. The molecule has 3 nitrogen and oxygen atoms in total. The second kappa shape index (κ2) is 4.36. The van der Waals surface area contributed by atoms with E-state index in [0.29, 0.717) is 5.76 Å². The second-order valence-corrected chi connectivity index (χ2v) is 2.60. The third kappa shape index (κ3) is 2.52. The Hall–Kier alpha value is -0.540. The molecule has 64 valence electrons. The summed E-state index contributed by atoms with van der Waals surface area (Å²) in [5.74, 6) is 0.665. The summed E-state index contributed by atoms with van der Waals surface area (Å²) >= 11 is 0. The Labute approximate surface area is 66.6 Å². The summed E-state index contributed by atoms with van der Waals surface area (Å²) in [5, 5.41) is 9.35. The molecule has 0 aromatic heterocycles. The Bertz CT molecular complexity index is 142. The van der Waals surface area contributed by atoms with Crippen LogP contribution in [0.3, 0.4) is 0 Å². The molecule has 3 heteroatoms. The summed E-state index contributed by atoms with van der Waals surface area (Å²) in [5.41, 5.74) is 0. The van der Waals surface area contributed by atoms with Gasteiger partial charge in [0, 0.05) is 7.11 Å². The van der Waals surface area contributed by atoms with Gasteiger partial charge in [0.25, 0.3) is 0 Å². The molecular weight excluding hydrogens is 144 g/mol. The number of aliphatic hydroxyl groups is 1. The molecule has 11 heavy (non-hydrogen) atoms. The Morgan fingerprint density at radius 2 is 2.55 bits per heavy atom. The zero-order valence-corrected chi connectivity index (χ0v) is 6.75. The lowest BCUT2D eigenvalue weighted by atomic mass is 10.0. The van der Waals surface area contributed by atoms with Gasteiger partial charge in [0.2, 0.25) is 0 Å². The molecular formula is C8H14O3. The quantitative estimate of drug-likeness (QED) is 0.623. The van der Waals surface area contributed by atoms with Crippen molar-refractivity contribution in [2.45, 2.75) is 25.4 Å². The summed E-state index contributed by atoms with van der Waals surface area (Å²) in [7, 11) is 1.57. The fraction of sp³-hybridized carbons (Fsp3) is 0.750. The fourth-order valence-corrected chi connectivity index (χ4v) is 1.12. The maximum Gasteiger partial charge on any atom is 0.188 e. The van der Waals surface area contributed by atoms with E-state index >= 15 is 0 Å². The van der Waals surface area contributed by atoms with E-state index in [1.165, 1.54) is 0 Å². The molecule has 0 saturated carbocycles. The predicted octanol–water partition coefficient (Wildman–Crippen LogP) is 1.04. The molecule has 1 rings (SSSR count). The van der Waals surface area contributed by atoms with Crippen LogP contribution in [0, 0.1) is 0 Å². The molecule has 0 radical (unpaired) electrons. The SMILES string of the molecule is COCOC1=CCCCC1O. The smallest absolute Gasteiger partial charge is 0.188 e. The molecule has 0 saturated heterocycles. The number of hydrogen-bond acceptors (Lipinski definition) is 3. The molecule has 1 unspecified atom stereocenters. The van der Waals surface area contributed by atoms with E-state index in [1.54, 1.807) is 7.11 Å². The third-order valence-electron chi connectivity index (χ3n) is 1.70. The molecule has 1 N–H and O–H groups in total. The van der Waals surface area contributed by atoms with E-state index in [0.717, 1.165) is 19.3 Å². The van der Waals surface area contributed by atoms with Gasteiger partial charge >= 0.3 is 0 Å². The lowest BCUT2D eigenvalue weighted by molar-refractivity contribution is -0.0229. The highest BCUT2D eigenvalue weighted by Crippen LogP contribution is 2.18. The average Bonchev–Trinajstić information content (AvgIpc) is 2.03. The van der Waals surface area contributed by atoms with Crippen molar-refractivity contribution in [3.05, 3.63) is 11.8 Å². The van der Waals surface area contributed by atoms with Crippen LogP contribution < -0.4 is 0 Å². The highest BCUT2D eigenvalue weighted by molar-refractivity contribution is 5.03. The van der Waals surface area contributed by atoms with Crippen molar-refractivity contribution in [2.24, 2.45) is 0 Å². The lowest BCUT2D eigenvalue weighted by Crippen LogP contribution is -2.16. The zero-order valence-electron chi connectivity index (χ0n) is 6.75. The molecule has 1 atom stereocenters. The van der Waals surface area contributed by atoms with Gasteiger partial charge in [-0.3, -0.25) is 0 Å². The molecule has 1 aliphatic rings. The summed E-state index contributed by atoms with van der Waals surface area (Å²) < 4.78 is 9.85. The predicted molar refractivity (Wildman–Crippen MR) is 40.9 cm³/mol. The van der Waals surface area contributed by atoms with Crippen LogP contribution in [0.2, 0.25) is 0 Å². The average molecular weight is 158 g/mol. The number of allylic oxidation sites excluding steroid dienone is 1. The Morgan fingerprint density at radius 1 is 1.73 bits per heavy atom. The first-order valence-electron chi connectivity index (χ1n) is 3.84. The highest BCUT2D eigenvalue weighted by atomic mass is 16.7. The Morgan fingerprint density at radius 3 is 3.18 bits per heavy atom. The number of hydrogen-bond donors (Lipinski definition) is 1. The van der Waals surface area contributed by atoms with Gasteiger partial charge in [-0.05, 0) is 25.3 Å². The van der Waals surface area contributed by atoms with Crippen molar-refractivity contribution in [1.82, 2.24) is 0 Å². The minimum Gasteiger partial charge on any atom is -0.469 e. The normalized spacial score (nSPS) is 24.5. The van der Waals surface area contributed by atoms with Crippen LogP contribution in [-0.2, 0) is 9.47 Å². The maximum atomic E-state index is 9.35. The molecule has 0 heterocycles. The van der Waals surface area contributed by atoms with Gasteiger partial charge in [-0.25, -0.2) is 0 Å². The Kier molecular flexibility index (Phi) is 3.39. The van der Waals surface area contributed by atoms with Gasteiger partial charge in [0.05, 0.1) is 0 Å². The first-order valence-corrected chi connectivity index (χ1v) is 3.84. The summed E-state index contributed by atoms with van der Waals surface area (Å²) in [6.45, 7) is 0.225. The van der Waals surface area contributed by atoms with E-state index in [9.17, 15) is 5.11 Å². The molecule has 0 bridgehead atoms. The summed E-state index contributed by atoms with van der Waals surface area (Å²) in [6, 6.07) is 0. The van der Waals surface area contributed by atoms with E-state index in [2.05, 4.69) is 0 Å². The summed E-state index contributed by atoms with van der Waals surface area (Å²) in [6.07, 6.45) is 4.35. The minimum atomic E-state index is -0.418. The van der Waals surface area contributed by atoms with Crippen LogP contribution in [0.15, 0.2) is 11.8 Å². The molecule has 0 aromatic carbocycles. The van der Waals surface area contributed by atoms with Crippen LogP contribution in [-0.4, -0.2) is 25.1 Å². The van der Waals surface area contributed by atoms with E-state index < -0.39 is 6.10 Å². The van der Waals surface area contributed by atoms with Crippen LogP contribution in [0.1, 0.15) is 19.3 Å². The Balaban J connectivity index is 2.34. The van der Waals surface area contributed by atoms with Gasteiger partial charge in [-0.2, -0.15) is 0 Å². The van der Waals surface area contributed by atoms with Crippen LogP contribution in [0.5, 0.6) is 0 Å². The standard InChI is InChI=1S/C8H14O3/c1-10-6-11-8-5-3-2-4-7(8)9/h5,7,9H,2-4,6H2,1H3. The molecule has 0 spiro atoms. The fourth-order valence-electron chi connectivity index (χ4n) is 1.12. The minimum absolute atomic E-state index is 0.225. The van der Waals surface area contributed by atoms with Crippen molar-refractivity contribution in [1.29, 1.82) is 0 Å². The molecule has 0 fully saturated rings. The molecule has 0 amide bonds. The summed E-state index contributed by atoms with van der Waals surface area (Å²) in [4.78, 5) is 0. The van der Waals surface area contributed by atoms with Crippen molar-refractivity contribution in [3.63, 3.8) is 0 Å². The first-order chi connectivity index (χ1) is 5.34. The zero-order chi connectivity index (χ0) is 8.10. The third-order valence-corrected chi connectivity index (χ3v) is 1.70. The van der Waals surface area contributed by atoms with Gasteiger partial charge in [0.1, 0.15) is 11.9 Å². The van der Waals surface area contributed by atoms with Crippen LogP contribution in [0.25, 0.3) is 0 Å². The van der Waals surface area contributed by atoms with Gasteiger partial charge in [-0.1, -0.05) is 0 Å². The van der Waals surface area contributed by atoms with Crippen molar-refractivity contribution in [2.75, 3.05) is 13.9 Å². The van der Waals surface area contributed by atoms with Crippen molar-refractivity contribution >= 4 is 0 Å². The number of ether oxygens (including phenoxy) is 2. The van der Waals surface area contributed by atoms with Crippen molar-refractivity contribution in [3.8, 4) is 0 Å². The number of aliphatic hydroxyl groups excluding tert-OH is 1. The molecule has 1 aliphatic carbocycles. The van der Waals surface area contributed by atoms with Crippen molar-refractivity contribution < 1.29 is 14.6 Å². The molecule has 0 aliphatic heterocycles. The maximum absolute atomic E-state index is 9.35. The lowest BCUT2D eigenvalue weighted by Gasteiger charge is -2.19.